The Kier molecular flexibility index (Phi) is 7.32. The van der Waals surface area contributed by atoms with Gasteiger partial charge in [-0.1, -0.05) is 32.0 Å². The number of alkyl halides is 3. The summed E-state index contributed by atoms with van der Waals surface area (Å²) in [6, 6.07) is 9.96. The minimum absolute atomic E-state index is 0.0495. The van der Waals surface area contributed by atoms with Crippen molar-refractivity contribution in [2.75, 3.05) is 14.2 Å². The van der Waals surface area contributed by atoms with Gasteiger partial charge in [0, 0.05) is 29.3 Å². The van der Waals surface area contributed by atoms with Crippen LogP contribution in [-0.4, -0.2) is 26.0 Å². The molecule has 202 valence electrons. The molecule has 0 bridgehead atoms. The fourth-order valence-corrected chi connectivity index (χ4v) is 5.13. The molecule has 0 unspecified atom stereocenters. The highest BCUT2D eigenvalue weighted by Gasteiger charge is 2.43. The number of nitrogens with one attached hydrogen (secondary N) is 1. The molecule has 0 saturated carbocycles. The highest BCUT2D eigenvalue weighted by molar-refractivity contribution is 6.04. The molecule has 1 atom stereocenters. The van der Waals surface area contributed by atoms with E-state index in [2.05, 4.69) is 5.32 Å². The molecule has 0 saturated heterocycles. The van der Waals surface area contributed by atoms with E-state index < -0.39 is 23.6 Å². The molecule has 0 radical (unpaired) electrons. The van der Waals surface area contributed by atoms with E-state index in [9.17, 15) is 22.8 Å². The summed E-state index contributed by atoms with van der Waals surface area (Å²) in [6.07, 6.45) is -3.47. The molecule has 2 aromatic rings. The van der Waals surface area contributed by atoms with E-state index in [1.54, 1.807) is 31.2 Å². The van der Waals surface area contributed by atoms with Crippen LogP contribution in [0.1, 0.15) is 56.2 Å². The van der Waals surface area contributed by atoms with Gasteiger partial charge in [-0.2, -0.15) is 13.2 Å². The number of methoxy groups -OCH3 is 2. The maximum Gasteiger partial charge on any atom is 0.416 e. The van der Waals surface area contributed by atoms with E-state index in [0.29, 0.717) is 52.3 Å². The van der Waals surface area contributed by atoms with Crippen molar-refractivity contribution in [3.63, 3.8) is 0 Å². The Morgan fingerprint density at radius 3 is 2.47 bits per heavy atom. The maximum absolute atomic E-state index is 13.4. The van der Waals surface area contributed by atoms with Crippen LogP contribution in [-0.2, 0) is 27.1 Å². The molecule has 1 N–H and O–H groups in total. The lowest BCUT2D eigenvalue weighted by Gasteiger charge is -2.39. The number of rotatable bonds is 6. The Hall–Kier alpha value is -3.75. The highest BCUT2D eigenvalue weighted by Crippen LogP contribution is 2.48. The van der Waals surface area contributed by atoms with Gasteiger partial charge < -0.3 is 19.5 Å². The molecule has 0 spiro atoms. The lowest BCUT2D eigenvalue weighted by Crippen LogP contribution is -2.38. The minimum atomic E-state index is -4.45. The zero-order chi connectivity index (χ0) is 27.8. The number of hydrogen-bond donors (Lipinski definition) is 1. The van der Waals surface area contributed by atoms with Gasteiger partial charge in [-0.3, -0.25) is 4.79 Å². The number of ketones is 1. The van der Waals surface area contributed by atoms with Crippen molar-refractivity contribution in [1.29, 1.82) is 0 Å². The molecule has 1 aliphatic carbocycles. The molecule has 1 aliphatic heterocycles. The van der Waals surface area contributed by atoms with E-state index in [1.165, 1.54) is 20.3 Å². The van der Waals surface area contributed by atoms with Crippen LogP contribution in [0.15, 0.2) is 65.0 Å². The highest BCUT2D eigenvalue weighted by atomic mass is 19.4. The smallest absolute Gasteiger partial charge is 0.416 e. The van der Waals surface area contributed by atoms with E-state index >= 15 is 0 Å². The maximum atomic E-state index is 13.4. The lowest BCUT2D eigenvalue weighted by atomic mass is 9.68. The molecule has 2 aliphatic rings. The van der Waals surface area contributed by atoms with Crippen LogP contribution < -0.4 is 14.8 Å². The number of dihydropyridines is 1. The summed E-state index contributed by atoms with van der Waals surface area (Å²) in [5.74, 6) is -0.637. The predicted molar refractivity (Wildman–Crippen MR) is 134 cm³/mol. The van der Waals surface area contributed by atoms with Crippen molar-refractivity contribution in [2.45, 2.75) is 52.3 Å². The first kappa shape index (κ1) is 27.3. The van der Waals surface area contributed by atoms with Crippen molar-refractivity contribution < 1.29 is 37.0 Å². The van der Waals surface area contributed by atoms with Crippen LogP contribution in [0, 0.1) is 5.41 Å². The zero-order valence-electron chi connectivity index (χ0n) is 21.9. The number of benzene rings is 2. The summed E-state index contributed by atoms with van der Waals surface area (Å²) in [5.41, 5.74) is 2.24. The third-order valence-corrected chi connectivity index (χ3v) is 6.81. The van der Waals surface area contributed by atoms with Crippen molar-refractivity contribution >= 4 is 11.8 Å². The number of halogens is 3. The molecule has 6 nitrogen and oxygen atoms in total. The van der Waals surface area contributed by atoms with Crippen molar-refractivity contribution in [3.8, 4) is 11.5 Å². The second-order valence-corrected chi connectivity index (χ2v) is 10.3. The molecular formula is C29H30F3NO5. The first-order valence-electron chi connectivity index (χ1n) is 12.1. The molecule has 0 aromatic heterocycles. The fraction of sp³-hybridized carbons (Fsp3) is 0.379. The van der Waals surface area contributed by atoms with Crippen molar-refractivity contribution in [2.24, 2.45) is 5.41 Å². The van der Waals surface area contributed by atoms with Crippen molar-refractivity contribution in [3.05, 3.63) is 81.7 Å². The number of carbonyl (C=O) groups is 2. The molecular weight excluding hydrogens is 499 g/mol. The second kappa shape index (κ2) is 10.2. The molecule has 4 rings (SSSR count). The van der Waals surface area contributed by atoms with E-state index in [1.807, 2.05) is 13.8 Å². The summed E-state index contributed by atoms with van der Waals surface area (Å²) in [5, 5.41) is 3.26. The fourth-order valence-electron chi connectivity index (χ4n) is 5.13. The lowest BCUT2D eigenvalue weighted by molar-refractivity contribution is -0.138. The van der Waals surface area contributed by atoms with Crippen molar-refractivity contribution in [1.82, 2.24) is 5.32 Å². The number of hydrogen-bond acceptors (Lipinski definition) is 6. The van der Waals surface area contributed by atoms with Gasteiger partial charge in [-0.25, -0.2) is 4.79 Å². The summed E-state index contributed by atoms with van der Waals surface area (Å²) in [6.45, 7) is 5.72. The first-order chi connectivity index (χ1) is 17.8. The van der Waals surface area contributed by atoms with Crippen LogP contribution >= 0.6 is 0 Å². The SMILES string of the molecule is COC(=O)C1=C(C)NC2=C(C(=O)CC(C)(C)C2)[C@H]1c1ccc(OCc2cccc(C(F)(F)F)c2)c(OC)c1. The minimum Gasteiger partial charge on any atom is -0.493 e. The van der Waals surface area contributed by atoms with Gasteiger partial charge in [0.2, 0.25) is 0 Å². The average molecular weight is 530 g/mol. The average Bonchev–Trinajstić information content (AvgIpc) is 2.85. The molecule has 9 heteroatoms. The molecule has 0 amide bonds. The monoisotopic (exact) mass is 529 g/mol. The molecule has 1 heterocycles. The van der Waals surface area contributed by atoms with Gasteiger partial charge in [-0.15, -0.1) is 0 Å². The second-order valence-electron chi connectivity index (χ2n) is 10.3. The number of Topliss-reactive ketones (excluding diaryl/α,β-unsaturated/α-hetero) is 1. The topological polar surface area (TPSA) is 73.9 Å². The van der Waals surface area contributed by atoms with E-state index in [0.717, 1.165) is 17.8 Å². The largest absolute Gasteiger partial charge is 0.493 e. The van der Waals surface area contributed by atoms with Gasteiger partial charge in [0.15, 0.2) is 17.3 Å². The Bertz CT molecular complexity index is 1340. The van der Waals surface area contributed by atoms with Gasteiger partial charge in [0.25, 0.3) is 0 Å². The molecule has 38 heavy (non-hydrogen) atoms. The van der Waals surface area contributed by atoms with E-state index in [4.69, 9.17) is 14.2 Å². The van der Waals surface area contributed by atoms with E-state index in [-0.39, 0.29) is 17.8 Å². The number of carbonyl (C=O) groups excluding carboxylic acids is 2. The van der Waals surface area contributed by atoms with Crippen LogP contribution in [0.4, 0.5) is 13.2 Å². The molecule has 0 fully saturated rings. The summed E-state index contributed by atoms with van der Waals surface area (Å²) < 4.78 is 55.6. The van der Waals surface area contributed by atoms with Crippen LogP contribution in [0.25, 0.3) is 0 Å². The van der Waals surface area contributed by atoms with Gasteiger partial charge in [0.05, 0.1) is 25.4 Å². The molecule has 2 aromatic carbocycles. The Labute approximate surface area is 219 Å². The van der Waals surface area contributed by atoms with Gasteiger partial charge >= 0.3 is 12.1 Å². The van der Waals surface area contributed by atoms with Gasteiger partial charge in [-0.05, 0) is 54.2 Å². The third-order valence-electron chi connectivity index (χ3n) is 6.81. The normalized spacial score (nSPS) is 19.1. The number of ether oxygens (including phenoxy) is 3. The Morgan fingerprint density at radius 1 is 1.08 bits per heavy atom. The van der Waals surface area contributed by atoms with Gasteiger partial charge in [0.1, 0.15) is 6.61 Å². The first-order valence-corrected chi connectivity index (χ1v) is 12.1. The number of esters is 1. The van der Waals surface area contributed by atoms with Crippen LogP contribution in [0.5, 0.6) is 11.5 Å². The Balaban J connectivity index is 1.70. The summed E-state index contributed by atoms with van der Waals surface area (Å²) >= 11 is 0. The standard InChI is InChI=1S/C29H30F3NO5/c1-16-24(27(35)37-5)25(26-20(33-16)13-28(2,3)14-21(26)34)18-9-10-22(23(12-18)36-4)38-15-17-7-6-8-19(11-17)29(30,31)32/h6-12,25,33H,13-15H2,1-5H3/t25-/m0/s1. The number of allylic oxidation sites excluding steroid dienone is 3. The van der Waals surface area contributed by atoms with Crippen LogP contribution in [0.3, 0.4) is 0 Å². The summed E-state index contributed by atoms with van der Waals surface area (Å²) in [4.78, 5) is 26.2. The zero-order valence-corrected chi connectivity index (χ0v) is 21.9. The predicted octanol–water partition coefficient (Wildman–Crippen LogP) is 6.07. The third kappa shape index (κ3) is 5.42. The van der Waals surface area contributed by atoms with Crippen LogP contribution in [0.2, 0.25) is 0 Å². The quantitative estimate of drug-likeness (QED) is 0.458. The summed E-state index contributed by atoms with van der Waals surface area (Å²) in [7, 11) is 2.74. The Morgan fingerprint density at radius 2 is 1.82 bits per heavy atom.